The number of carboxylic acid groups (broad SMARTS) is 1. The summed E-state index contributed by atoms with van der Waals surface area (Å²) in [5, 5.41) is 17.4. The zero-order valence-corrected chi connectivity index (χ0v) is 12.0. The Morgan fingerprint density at radius 3 is 2.60 bits per heavy atom. The van der Waals surface area contributed by atoms with Gasteiger partial charge in [-0.15, -0.1) is 0 Å². The third-order valence-electron chi connectivity index (χ3n) is 2.46. The Labute approximate surface area is 120 Å². The van der Waals surface area contributed by atoms with Crippen molar-refractivity contribution in [3.05, 3.63) is 28.5 Å². The van der Waals surface area contributed by atoms with Crippen molar-refractivity contribution in [1.29, 1.82) is 0 Å². The minimum atomic E-state index is -4.26. The molecular weight excluding hydrogens is 313 g/mol. The second-order valence-corrected chi connectivity index (χ2v) is 6.38. The van der Waals surface area contributed by atoms with Gasteiger partial charge in [-0.3, -0.25) is 0 Å². The number of halogens is 2. The van der Waals surface area contributed by atoms with Crippen LogP contribution < -0.4 is 4.72 Å². The van der Waals surface area contributed by atoms with Crippen molar-refractivity contribution in [3.63, 3.8) is 0 Å². The lowest BCUT2D eigenvalue weighted by molar-refractivity contribution is 0.0691. The number of carbonyl (C=O) groups is 1. The quantitative estimate of drug-likeness (QED) is 0.726. The van der Waals surface area contributed by atoms with Gasteiger partial charge in [-0.25, -0.2) is 22.3 Å². The topological polar surface area (TPSA) is 104 Å². The number of benzene rings is 1. The van der Waals surface area contributed by atoms with Gasteiger partial charge in [0, 0.05) is 18.2 Å². The number of hydrogen-bond acceptors (Lipinski definition) is 4. The first-order chi connectivity index (χ1) is 9.19. The highest BCUT2D eigenvalue weighted by atomic mass is 35.5. The van der Waals surface area contributed by atoms with Crippen LogP contribution in [0.5, 0.6) is 0 Å². The summed E-state index contributed by atoms with van der Waals surface area (Å²) in [6, 6.07) is 1.66. The van der Waals surface area contributed by atoms with Gasteiger partial charge in [0.25, 0.3) is 0 Å². The van der Waals surface area contributed by atoms with Gasteiger partial charge in [-0.1, -0.05) is 18.5 Å². The molecule has 0 aliphatic carbocycles. The number of nitrogens with one attached hydrogen (secondary N) is 1. The number of aliphatic hydroxyl groups excluding tert-OH is 1. The van der Waals surface area contributed by atoms with Gasteiger partial charge >= 0.3 is 5.97 Å². The fourth-order valence-electron chi connectivity index (χ4n) is 1.31. The molecule has 0 saturated heterocycles. The number of hydrogen-bond donors (Lipinski definition) is 3. The number of aliphatic hydroxyl groups is 1. The number of sulfonamides is 1. The Morgan fingerprint density at radius 1 is 1.50 bits per heavy atom. The predicted molar refractivity (Wildman–Crippen MR) is 69.8 cm³/mol. The van der Waals surface area contributed by atoms with Gasteiger partial charge in [0.15, 0.2) is 5.82 Å². The molecule has 0 bridgehead atoms. The lowest BCUT2D eigenvalue weighted by Gasteiger charge is -2.12. The van der Waals surface area contributed by atoms with Crippen LogP contribution in [0.4, 0.5) is 4.39 Å². The molecule has 0 aromatic heterocycles. The SMILES string of the molecule is CC(CO)CNS(=O)(=O)c1cc(Cl)cc(C(=O)O)c1F. The van der Waals surface area contributed by atoms with Gasteiger partial charge in [0.2, 0.25) is 10.0 Å². The van der Waals surface area contributed by atoms with E-state index in [-0.39, 0.29) is 24.1 Å². The van der Waals surface area contributed by atoms with Crippen molar-refractivity contribution < 1.29 is 27.8 Å². The van der Waals surface area contributed by atoms with Crippen molar-refractivity contribution >= 4 is 27.6 Å². The summed E-state index contributed by atoms with van der Waals surface area (Å²) in [7, 11) is -4.26. The molecule has 0 radical (unpaired) electrons. The van der Waals surface area contributed by atoms with Crippen LogP contribution >= 0.6 is 11.6 Å². The monoisotopic (exact) mass is 325 g/mol. The van der Waals surface area contributed by atoms with Crippen molar-refractivity contribution in [2.75, 3.05) is 13.2 Å². The largest absolute Gasteiger partial charge is 0.478 e. The van der Waals surface area contributed by atoms with Crippen LogP contribution in [0.3, 0.4) is 0 Å². The molecule has 1 aromatic rings. The first-order valence-electron chi connectivity index (χ1n) is 5.52. The second kappa shape index (κ2) is 6.49. The zero-order valence-electron chi connectivity index (χ0n) is 10.4. The van der Waals surface area contributed by atoms with Crippen LogP contribution in [-0.4, -0.2) is 37.8 Å². The molecule has 0 fully saturated rings. The zero-order chi connectivity index (χ0) is 15.5. The maximum atomic E-state index is 13.9. The van der Waals surface area contributed by atoms with E-state index in [2.05, 4.69) is 4.72 Å². The first kappa shape index (κ1) is 16.8. The molecule has 0 aliphatic heterocycles. The molecule has 112 valence electrons. The van der Waals surface area contributed by atoms with Crippen LogP contribution in [0.15, 0.2) is 17.0 Å². The second-order valence-electron chi connectivity index (χ2n) is 4.21. The molecule has 0 aliphatic rings. The average molecular weight is 326 g/mol. The molecule has 1 rings (SSSR count). The lowest BCUT2D eigenvalue weighted by atomic mass is 10.2. The summed E-state index contributed by atoms with van der Waals surface area (Å²) in [6.07, 6.45) is 0. The lowest BCUT2D eigenvalue weighted by Crippen LogP contribution is -2.30. The van der Waals surface area contributed by atoms with E-state index in [0.29, 0.717) is 0 Å². The average Bonchev–Trinajstić information content (AvgIpc) is 2.37. The fourth-order valence-corrected chi connectivity index (χ4v) is 2.88. The van der Waals surface area contributed by atoms with Crippen molar-refractivity contribution in [3.8, 4) is 0 Å². The Hall–Kier alpha value is -1.22. The molecule has 0 amide bonds. The van der Waals surface area contributed by atoms with Gasteiger partial charge in [-0.2, -0.15) is 0 Å². The van der Waals surface area contributed by atoms with Crippen LogP contribution in [0.1, 0.15) is 17.3 Å². The van der Waals surface area contributed by atoms with Crippen molar-refractivity contribution in [2.45, 2.75) is 11.8 Å². The van der Waals surface area contributed by atoms with Crippen LogP contribution in [0.2, 0.25) is 5.02 Å². The Bertz CT molecular complexity index is 619. The van der Waals surface area contributed by atoms with E-state index < -0.39 is 32.3 Å². The number of carboxylic acids is 1. The molecule has 1 aromatic carbocycles. The van der Waals surface area contributed by atoms with Crippen LogP contribution in [0.25, 0.3) is 0 Å². The summed E-state index contributed by atoms with van der Waals surface area (Å²) in [6.45, 7) is 1.22. The van der Waals surface area contributed by atoms with E-state index in [1.54, 1.807) is 6.92 Å². The first-order valence-corrected chi connectivity index (χ1v) is 7.38. The molecule has 0 heterocycles. The van der Waals surface area contributed by atoms with Gasteiger partial charge in [0.1, 0.15) is 4.90 Å². The molecule has 0 saturated carbocycles. The fraction of sp³-hybridized carbons (Fsp3) is 0.364. The molecule has 3 N–H and O–H groups in total. The summed E-state index contributed by atoms with van der Waals surface area (Å²) in [5.74, 6) is -3.37. The molecule has 20 heavy (non-hydrogen) atoms. The van der Waals surface area contributed by atoms with Crippen molar-refractivity contribution in [2.24, 2.45) is 5.92 Å². The Morgan fingerprint density at radius 2 is 2.10 bits per heavy atom. The molecule has 6 nitrogen and oxygen atoms in total. The third-order valence-corrected chi connectivity index (χ3v) is 4.10. The normalized spacial score (nSPS) is 13.2. The minimum absolute atomic E-state index is 0.118. The summed E-state index contributed by atoms with van der Waals surface area (Å²) >= 11 is 5.60. The summed E-state index contributed by atoms with van der Waals surface area (Å²) in [5.41, 5.74) is -0.826. The smallest absolute Gasteiger partial charge is 0.338 e. The van der Waals surface area contributed by atoms with E-state index in [4.69, 9.17) is 21.8 Å². The van der Waals surface area contributed by atoms with Crippen molar-refractivity contribution in [1.82, 2.24) is 4.72 Å². The summed E-state index contributed by atoms with van der Waals surface area (Å²) in [4.78, 5) is 9.98. The van der Waals surface area contributed by atoms with Crippen LogP contribution in [0, 0.1) is 11.7 Å². The Balaban J connectivity index is 3.21. The molecule has 1 unspecified atom stereocenters. The minimum Gasteiger partial charge on any atom is -0.478 e. The van der Waals surface area contributed by atoms with E-state index >= 15 is 0 Å². The number of aromatic carboxylic acids is 1. The number of rotatable bonds is 6. The van der Waals surface area contributed by atoms with E-state index in [0.717, 1.165) is 12.1 Å². The van der Waals surface area contributed by atoms with Crippen LogP contribution in [-0.2, 0) is 10.0 Å². The highest BCUT2D eigenvalue weighted by Gasteiger charge is 2.25. The molecule has 1 atom stereocenters. The standard InChI is InChI=1S/C11H13ClFNO5S/c1-6(5-15)4-14-20(18,19)9-3-7(12)2-8(10(9)13)11(16)17/h2-3,6,14-15H,4-5H2,1H3,(H,16,17). The van der Waals surface area contributed by atoms with E-state index in [1.165, 1.54) is 0 Å². The van der Waals surface area contributed by atoms with E-state index in [9.17, 15) is 17.6 Å². The van der Waals surface area contributed by atoms with Gasteiger partial charge in [0.05, 0.1) is 5.56 Å². The maximum Gasteiger partial charge on any atom is 0.338 e. The highest BCUT2D eigenvalue weighted by molar-refractivity contribution is 7.89. The Kier molecular flexibility index (Phi) is 5.46. The van der Waals surface area contributed by atoms with Gasteiger partial charge < -0.3 is 10.2 Å². The van der Waals surface area contributed by atoms with E-state index in [1.807, 2.05) is 0 Å². The predicted octanol–water partition coefficient (Wildman–Crippen LogP) is 1.08. The molecular formula is C11H13ClFNO5S. The molecule has 9 heteroatoms. The highest BCUT2D eigenvalue weighted by Crippen LogP contribution is 2.23. The maximum absolute atomic E-state index is 13.9. The van der Waals surface area contributed by atoms with Gasteiger partial charge in [-0.05, 0) is 18.1 Å². The molecule has 0 spiro atoms. The summed E-state index contributed by atoms with van der Waals surface area (Å²) < 4.78 is 39.8. The third kappa shape index (κ3) is 3.89.